The molecule has 0 aliphatic carbocycles. The molecule has 5 nitrogen and oxygen atoms in total. The van der Waals surface area contributed by atoms with Crippen LogP contribution in [0.5, 0.6) is 0 Å². The predicted octanol–water partition coefficient (Wildman–Crippen LogP) is 4.65. The second-order valence-corrected chi connectivity index (χ2v) is 8.62. The Morgan fingerprint density at radius 2 is 1.77 bits per heavy atom. The first-order valence-electron chi connectivity index (χ1n) is 10.5. The lowest BCUT2D eigenvalue weighted by atomic mass is 10.1. The number of carbonyl (C=O) groups is 1. The molecule has 7 heteroatoms. The minimum absolute atomic E-state index is 0. The number of rotatable bonds is 2. The summed E-state index contributed by atoms with van der Waals surface area (Å²) in [4.78, 5) is 24.5. The molecule has 0 radical (unpaired) electrons. The number of pyridine rings is 1. The van der Waals surface area contributed by atoms with E-state index in [1.165, 1.54) is 11.3 Å². The van der Waals surface area contributed by atoms with Gasteiger partial charge in [-0.2, -0.15) is 0 Å². The van der Waals surface area contributed by atoms with Crippen LogP contribution in [-0.4, -0.2) is 55.6 Å². The molecule has 0 saturated carbocycles. The van der Waals surface area contributed by atoms with Crippen molar-refractivity contribution in [2.75, 3.05) is 49.6 Å². The summed E-state index contributed by atoms with van der Waals surface area (Å²) in [6.07, 6.45) is 3.90. The molecular formula is C24H26Cl2N4O. The Morgan fingerprint density at radius 3 is 2.58 bits per heavy atom. The van der Waals surface area contributed by atoms with Crippen LogP contribution in [0.25, 0.3) is 10.9 Å². The molecule has 1 fully saturated rings. The number of hydrogen-bond donors (Lipinski definition) is 0. The molecular weight excluding hydrogens is 431 g/mol. The van der Waals surface area contributed by atoms with Gasteiger partial charge in [0.1, 0.15) is 0 Å². The molecule has 1 saturated heterocycles. The van der Waals surface area contributed by atoms with Crippen molar-refractivity contribution in [1.29, 1.82) is 0 Å². The van der Waals surface area contributed by atoms with Gasteiger partial charge in [0, 0.05) is 59.7 Å². The van der Waals surface area contributed by atoms with Gasteiger partial charge in [0.15, 0.2) is 0 Å². The number of nitrogens with zero attached hydrogens (tertiary/aromatic N) is 4. The molecule has 162 valence electrons. The van der Waals surface area contributed by atoms with Crippen LogP contribution in [0.3, 0.4) is 0 Å². The maximum absolute atomic E-state index is 13.2. The highest BCUT2D eigenvalue weighted by molar-refractivity contribution is 6.30. The van der Waals surface area contributed by atoms with Crippen molar-refractivity contribution in [2.24, 2.45) is 0 Å². The summed E-state index contributed by atoms with van der Waals surface area (Å²) in [6.45, 7) is 4.90. The van der Waals surface area contributed by atoms with Crippen molar-refractivity contribution in [1.82, 2.24) is 9.88 Å². The summed E-state index contributed by atoms with van der Waals surface area (Å²) in [5.74, 6) is 0.0200. The third-order valence-electron chi connectivity index (χ3n) is 6.21. The number of likely N-dealkylation sites (N-methyl/N-ethyl adjacent to an activating group) is 1. The van der Waals surface area contributed by atoms with E-state index in [2.05, 4.69) is 40.0 Å². The fraction of sp³-hybridized carbons (Fsp3) is 0.333. The minimum atomic E-state index is 0. The molecule has 3 heterocycles. The summed E-state index contributed by atoms with van der Waals surface area (Å²) in [7, 11) is 2.18. The van der Waals surface area contributed by atoms with Crippen molar-refractivity contribution in [3.05, 3.63) is 64.8 Å². The number of hydrogen-bond acceptors (Lipinski definition) is 4. The van der Waals surface area contributed by atoms with Crippen LogP contribution in [0.2, 0.25) is 5.02 Å². The summed E-state index contributed by atoms with van der Waals surface area (Å²) in [6, 6.07) is 13.6. The number of halogens is 2. The van der Waals surface area contributed by atoms with Crippen LogP contribution < -0.4 is 9.80 Å². The van der Waals surface area contributed by atoms with Gasteiger partial charge < -0.3 is 14.7 Å². The quantitative estimate of drug-likeness (QED) is 0.562. The summed E-state index contributed by atoms with van der Waals surface area (Å²) < 4.78 is 0. The molecule has 3 aromatic rings. The van der Waals surface area contributed by atoms with Gasteiger partial charge in [-0.1, -0.05) is 11.6 Å². The molecule has 0 bridgehead atoms. The Labute approximate surface area is 194 Å². The second kappa shape index (κ2) is 9.03. The maximum atomic E-state index is 13.2. The Hall–Kier alpha value is -2.34. The minimum Gasteiger partial charge on any atom is -0.370 e. The molecule has 5 rings (SSSR count). The first kappa shape index (κ1) is 21.9. The molecule has 0 spiro atoms. The van der Waals surface area contributed by atoms with Crippen LogP contribution in [0.4, 0.5) is 11.4 Å². The lowest BCUT2D eigenvalue weighted by Gasteiger charge is -2.25. The van der Waals surface area contributed by atoms with E-state index < -0.39 is 0 Å². The van der Waals surface area contributed by atoms with E-state index in [-0.39, 0.29) is 18.3 Å². The zero-order valence-corrected chi connectivity index (χ0v) is 19.1. The predicted molar refractivity (Wildman–Crippen MR) is 130 cm³/mol. The molecule has 2 aliphatic heterocycles. The van der Waals surface area contributed by atoms with Crippen molar-refractivity contribution < 1.29 is 4.79 Å². The van der Waals surface area contributed by atoms with Crippen molar-refractivity contribution in [3.8, 4) is 0 Å². The zero-order chi connectivity index (χ0) is 20.7. The zero-order valence-electron chi connectivity index (χ0n) is 17.6. The topological polar surface area (TPSA) is 39.7 Å². The fourth-order valence-corrected chi connectivity index (χ4v) is 4.66. The molecule has 2 aliphatic rings. The largest absolute Gasteiger partial charge is 0.370 e. The molecule has 2 aromatic carbocycles. The summed E-state index contributed by atoms with van der Waals surface area (Å²) in [5.41, 5.74) is 5.07. The number of carbonyl (C=O) groups excluding carboxylic acids is 1. The standard InChI is InChI=1S/C24H25ClN4O.ClH/c1-27-10-2-11-28(14-13-27)22-7-9-26-21-15-18-8-12-29(23(18)16-20(21)22)24(30)17-3-5-19(25)6-4-17;/h3-7,9,15-16H,2,8,10-14H2,1H3;1H. The van der Waals surface area contributed by atoms with Gasteiger partial charge >= 0.3 is 0 Å². The first-order chi connectivity index (χ1) is 14.6. The summed E-state index contributed by atoms with van der Waals surface area (Å²) in [5, 5.41) is 1.76. The molecule has 31 heavy (non-hydrogen) atoms. The van der Waals surface area contributed by atoms with Crippen molar-refractivity contribution in [2.45, 2.75) is 12.8 Å². The molecule has 0 N–H and O–H groups in total. The van der Waals surface area contributed by atoms with E-state index in [0.29, 0.717) is 17.1 Å². The van der Waals surface area contributed by atoms with Gasteiger partial charge in [0.05, 0.1) is 5.52 Å². The lowest BCUT2D eigenvalue weighted by Crippen LogP contribution is -2.29. The summed E-state index contributed by atoms with van der Waals surface area (Å²) >= 11 is 5.99. The fourth-order valence-electron chi connectivity index (χ4n) is 4.54. The van der Waals surface area contributed by atoms with E-state index in [1.54, 1.807) is 24.3 Å². The van der Waals surface area contributed by atoms with Crippen molar-refractivity contribution in [3.63, 3.8) is 0 Å². The maximum Gasteiger partial charge on any atom is 0.258 e. The Morgan fingerprint density at radius 1 is 0.968 bits per heavy atom. The van der Waals surface area contributed by atoms with E-state index in [4.69, 9.17) is 11.6 Å². The van der Waals surface area contributed by atoms with Gasteiger partial charge in [-0.25, -0.2) is 0 Å². The van der Waals surface area contributed by atoms with Crippen molar-refractivity contribution >= 4 is 52.2 Å². The highest BCUT2D eigenvalue weighted by atomic mass is 35.5. The average Bonchev–Trinajstić information content (AvgIpc) is 3.04. The highest BCUT2D eigenvalue weighted by Gasteiger charge is 2.27. The highest BCUT2D eigenvalue weighted by Crippen LogP contribution is 2.36. The van der Waals surface area contributed by atoms with Gasteiger partial charge in [0.25, 0.3) is 5.91 Å². The molecule has 0 unspecified atom stereocenters. The number of fused-ring (bicyclic) bond motifs is 2. The normalized spacial score (nSPS) is 16.7. The Kier molecular flexibility index (Phi) is 6.37. The number of amides is 1. The van der Waals surface area contributed by atoms with Crippen LogP contribution in [0.15, 0.2) is 48.7 Å². The van der Waals surface area contributed by atoms with E-state index in [1.807, 2.05) is 11.1 Å². The van der Waals surface area contributed by atoms with Crippen LogP contribution in [0.1, 0.15) is 22.3 Å². The van der Waals surface area contributed by atoms with E-state index >= 15 is 0 Å². The Bertz CT molecular complexity index is 1100. The van der Waals surface area contributed by atoms with Crippen LogP contribution in [0, 0.1) is 0 Å². The molecule has 1 amide bonds. The number of benzene rings is 2. The first-order valence-corrected chi connectivity index (χ1v) is 10.9. The third kappa shape index (κ3) is 4.22. The average molecular weight is 457 g/mol. The Balaban J connectivity index is 0.00000231. The monoisotopic (exact) mass is 456 g/mol. The number of aromatic nitrogens is 1. The molecule has 1 aromatic heterocycles. The lowest BCUT2D eigenvalue weighted by molar-refractivity contribution is 0.0989. The van der Waals surface area contributed by atoms with Crippen LogP contribution in [-0.2, 0) is 6.42 Å². The number of anilines is 2. The second-order valence-electron chi connectivity index (χ2n) is 8.19. The van der Waals surface area contributed by atoms with E-state index in [9.17, 15) is 4.79 Å². The SMILES string of the molecule is CN1CCCN(c2ccnc3cc4c(cc23)N(C(=O)c2ccc(Cl)cc2)CC4)CC1.Cl. The van der Waals surface area contributed by atoms with Gasteiger partial charge in [-0.05, 0) is 74.5 Å². The van der Waals surface area contributed by atoms with Gasteiger partial charge in [-0.15, -0.1) is 12.4 Å². The van der Waals surface area contributed by atoms with E-state index in [0.717, 1.165) is 55.6 Å². The smallest absolute Gasteiger partial charge is 0.258 e. The molecule has 0 atom stereocenters. The third-order valence-corrected chi connectivity index (χ3v) is 6.46. The van der Waals surface area contributed by atoms with Gasteiger partial charge in [0.2, 0.25) is 0 Å². The van der Waals surface area contributed by atoms with Gasteiger partial charge in [-0.3, -0.25) is 9.78 Å². The van der Waals surface area contributed by atoms with Crippen LogP contribution >= 0.6 is 24.0 Å².